The highest BCUT2D eigenvalue weighted by Gasteiger charge is 2.21. The standard InChI is InChI=1S/C14H22BNO/c1-11-9-16(10-11)7-4-8-17-14-6-3-5-13(15)12(14)2/h3,5-6,11H,4,7-10,15H2,1-2H3. The lowest BCUT2D eigenvalue weighted by atomic mass is 9.91. The predicted molar refractivity (Wildman–Crippen MR) is 75.1 cm³/mol. The molecule has 0 saturated carbocycles. The summed E-state index contributed by atoms with van der Waals surface area (Å²) in [5, 5.41) is 0. The van der Waals surface area contributed by atoms with Crippen LogP contribution in [0.2, 0.25) is 0 Å². The topological polar surface area (TPSA) is 12.5 Å². The molecule has 0 aromatic heterocycles. The highest BCUT2D eigenvalue weighted by molar-refractivity contribution is 6.33. The maximum Gasteiger partial charge on any atom is 0.139 e. The van der Waals surface area contributed by atoms with Crippen LogP contribution in [-0.4, -0.2) is 39.0 Å². The first-order valence-electron chi connectivity index (χ1n) is 6.58. The first-order chi connectivity index (χ1) is 8.16. The minimum absolute atomic E-state index is 0.829. The molecule has 92 valence electrons. The summed E-state index contributed by atoms with van der Waals surface area (Å²) in [5.41, 5.74) is 2.57. The Bertz CT molecular complexity index is 374. The molecule has 2 nitrogen and oxygen atoms in total. The first-order valence-corrected chi connectivity index (χ1v) is 6.58. The van der Waals surface area contributed by atoms with Gasteiger partial charge in [0.15, 0.2) is 0 Å². The van der Waals surface area contributed by atoms with Crippen LogP contribution in [0.25, 0.3) is 0 Å². The number of benzene rings is 1. The van der Waals surface area contributed by atoms with Gasteiger partial charge in [-0.25, -0.2) is 0 Å². The lowest BCUT2D eigenvalue weighted by Crippen LogP contribution is -2.45. The van der Waals surface area contributed by atoms with E-state index in [4.69, 9.17) is 4.74 Å². The Morgan fingerprint density at radius 3 is 2.88 bits per heavy atom. The van der Waals surface area contributed by atoms with Crippen LogP contribution in [0.1, 0.15) is 18.9 Å². The van der Waals surface area contributed by atoms with E-state index in [-0.39, 0.29) is 0 Å². The molecule has 1 aromatic carbocycles. The van der Waals surface area contributed by atoms with Gasteiger partial charge in [0, 0.05) is 19.6 Å². The third-order valence-electron chi connectivity index (χ3n) is 3.57. The van der Waals surface area contributed by atoms with Crippen molar-refractivity contribution >= 4 is 13.3 Å². The van der Waals surface area contributed by atoms with E-state index < -0.39 is 0 Å². The predicted octanol–water partition coefficient (Wildman–Crippen LogP) is 0.974. The van der Waals surface area contributed by atoms with E-state index >= 15 is 0 Å². The third kappa shape index (κ3) is 3.26. The molecule has 0 bridgehead atoms. The van der Waals surface area contributed by atoms with Crippen molar-refractivity contribution in [2.24, 2.45) is 5.92 Å². The lowest BCUT2D eigenvalue weighted by Gasteiger charge is -2.37. The van der Waals surface area contributed by atoms with Crippen molar-refractivity contribution in [2.75, 3.05) is 26.2 Å². The fraction of sp³-hybridized carbons (Fsp3) is 0.571. The average Bonchev–Trinajstić information content (AvgIpc) is 2.27. The van der Waals surface area contributed by atoms with Crippen LogP contribution in [0.5, 0.6) is 5.75 Å². The van der Waals surface area contributed by atoms with Gasteiger partial charge in [-0.2, -0.15) is 0 Å². The molecule has 1 aliphatic heterocycles. The fourth-order valence-corrected chi connectivity index (χ4v) is 2.36. The van der Waals surface area contributed by atoms with Gasteiger partial charge < -0.3 is 9.64 Å². The molecule has 0 atom stereocenters. The Hall–Kier alpha value is -0.955. The zero-order valence-corrected chi connectivity index (χ0v) is 11.2. The summed E-state index contributed by atoms with van der Waals surface area (Å²) < 4.78 is 5.84. The van der Waals surface area contributed by atoms with Crippen molar-refractivity contribution < 1.29 is 4.74 Å². The van der Waals surface area contributed by atoms with Gasteiger partial charge in [-0.1, -0.05) is 24.5 Å². The molecule has 1 aliphatic rings. The van der Waals surface area contributed by atoms with Crippen molar-refractivity contribution in [3.8, 4) is 5.75 Å². The molecule has 0 aliphatic carbocycles. The van der Waals surface area contributed by atoms with E-state index in [9.17, 15) is 0 Å². The van der Waals surface area contributed by atoms with Gasteiger partial charge in [0.2, 0.25) is 0 Å². The van der Waals surface area contributed by atoms with Crippen LogP contribution in [0, 0.1) is 12.8 Å². The number of nitrogens with zero attached hydrogens (tertiary/aromatic N) is 1. The van der Waals surface area contributed by atoms with E-state index in [1.165, 1.54) is 30.7 Å². The number of hydrogen-bond donors (Lipinski definition) is 0. The fourth-order valence-electron chi connectivity index (χ4n) is 2.36. The molecule has 1 aromatic rings. The van der Waals surface area contributed by atoms with Crippen LogP contribution in [0.15, 0.2) is 18.2 Å². The summed E-state index contributed by atoms with van der Waals surface area (Å²) in [6.07, 6.45) is 1.13. The van der Waals surface area contributed by atoms with Gasteiger partial charge in [-0.05, 0) is 30.9 Å². The maximum absolute atomic E-state index is 5.84. The SMILES string of the molecule is Bc1cccc(OCCCN2CC(C)C2)c1C. The summed E-state index contributed by atoms with van der Waals surface area (Å²) in [4.78, 5) is 2.50. The Morgan fingerprint density at radius 1 is 1.41 bits per heavy atom. The van der Waals surface area contributed by atoms with E-state index in [2.05, 4.69) is 44.8 Å². The van der Waals surface area contributed by atoms with Crippen LogP contribution in [-0.2, 0) is 0 Å². The quantitative estimate of drug-likeness (QED) is 0.553. The molecule has 1 fully saturated rings. The van der Waals surface area contributed by atoms with E-state index in [0.717, 1.165) is 24.7 Å². The average molecular weight is 231 g/mol. The van der Waals surface area contributed by atoms with E-state index in [1.54, 1.807) is 0 Å². The Kier molecular flexibility index (Phi) is 4.11. The Balaban J connectivity index is 1.69. The molecule has 3 heteroatoms. The summed E-state index contributed by atoms with van der Waals surface area (Å²) in [6, 6.07) is 6.26. The molecule has 1 heterocycles. The summed E-state index contributed by atoms with van der Waals surface area (Å²) in [6.45, 7) is 8.97. The van der Waals surface area contributed by atoms with Gasteiger partial charge in [-0.15, -0.1) is 0 Å². The molecule has 0 amide bonds. The van der Waals surface area contributed by atoms with Gasteiger partial charge in [-0.3, -0.25) is 0 Å². The molecule has 0 unspecified atom stereocenters. The molecule has 2 rings (SSSR count). The monoisotopic (exact) mass is 231 g/mol. The largest absolute Gasteiger partial charge is 0.493 e. The number of hydrogen-bond acceptors (Lipinski definition) is 2. The van der Waals surface area contributed by atoms with Crippen molar-refractivity contribution in [3.63, 3.8) is 0 Å². The van der Waals surface area contributed by atoms with E-state index in [0.29, 0.717) is 0 Å². The van der Waals surface area contributed by atoms with Gasteiger partial charge >= 0.3 is 0 Å². The van der Waals surface area contributed by atoms with Crippen molar-refractivity contribution in [1.29, 1.82) is 0 Å². The van der Waals surface area contributed by atoms with E-state index in [1.807, 2.05) is 0 Å². The van der Waals surface area contributed by atoms with Crippen molar-refractivity contribution in [2.45, 2.75) is 20.3 Å². The van der Waals surface area contributed by atoms with Crippen molar-refractivity contribution in [1.82, 2.24) is 4.90 Å². The normalized spacial score (nSPS) is 16.8. The van der Waals surface area contributed by atoms with Crippen LogP contribution in [0.3, 0.4) is 0 Å². The maximum atomic E-state index is 5.84. The Morgan fingerprint density at radius 2 is 2.18 bits per heavy atom. The smallest absolute Gasteiger partial charge is 0.139 e. The molecule has 0 radical (unpaired) electrons. The number of ether oxygens (including phenoxy) is 1. The van der Waals surface area contributed by atoms with Crippen molar-refractivity contribution in [3.05, 3.63) is 23.8 Å². The molecule has 0 N–H and O–H groups in total. The lowest BCUT2D eigenvalue weighted by molar-refractivity contribution is 0.105. The zero-order valence-electron chi connectivity index (χ0n) is 11.2. The van der Waals surface area contributed by atoms with Crippen LogP contribution < -0.4 is 10.2 Å². The van der Waals surface area contributed by atoms with Gasteiger partial charge in [0.1, 0.15) is 13.6 Å². The highest BCUT2D eigenvalue weighted by Crippen LogP contribution is 2.16. The zero-order chi connectivity index (χ0) is 12.3. The van der Waals surface area contributed by atoms with Crippen LogP contribution >= 0.6 is 0 Å². The molecular weight excluding hydrogens is 209 g/mol. The molecule has 1 saturated heterocycles. The second-order valence-electron chi connectivity index (χ2n) is 5.26. The second kappa shape index (κ2) is 5.59. The summed E-state index contributed by atoms with van der Waals surface area (Å²) in [7, 11) is 2.13. The van der Waals surface area contributed by atoms with Gasteiger partial charge in [0.25, 0.3) is 0 Å². The third-order valence-corrected chi connectivity index (χ3v) is 3.57. The van der Waals surface area contributed by atoms with Crippen LogP contribution in [0.4, 0.5) is 0 Å². The minimum Gasteiger partial charge on any atom is -0.493 e. The molecular formula is C14H22BNO. The highest BCUT2D eigenvalue weighted by atomic mass is 16.5. The summed E-state index contributed by atoms with van der Waals surface area (Å²) >= 11 is 0. The summed E-state index contributed by atoms with van der Waals surface area (Å²) in [5.74, 6) is 1.94. The Labute approximate surface area is 105 Å². The number of likely N-dealkylation sites (tertiary alicyclic amines) is 1. The number of rotatable bonds is 5. The minimum atomic E-state index is 0.829. The molecule has 0 spiro atoms. The van der Waals surface area contributed by atoms with Gasteiger partial charge in [0.05, 0.1) is 6.61 Å². The first kappa shape index (κ1) is 12.5. The molecule has 17 heavy (non-hydrogen) atoms. The second-order valence-corrected chi connectivity index (χ2v) is 5.26.